The summed E-state index contributed by atoms with van der Waals surface area (Å²) >= 11 is 0. The van der Waals surface area contributed by atoms with Gasteiger partial charge in [0.1, 0.15) is 6.35 Å². The highest BCUT2D eigenvalue weighted by molar-refractivity contribution is 6.74. The fourth-order valence-electron chi connectivity index (χ4n) is 1.80. The molecule has 0 bridgehead atoms. The summed E-state index contributed by atoms with van der Waals surface area (Å²) in [5.74, 6) is 0. The van der Waals surface area contributed by atoms with E-state index in [1.807, 2.05) is 0 Å². The van der Waals surface area contributed by atoms with E-state index in [1.54, 1.807) is 0 Å². The van der Waals surface area contributed by atoms with Crippen LogP contribution in [0.25, 0.3) is 0 Å². The average molecular weight is 127 g/mol. The summed E-state index contributed by atoms with van der Waals surface area (Å²) in [5.41, 5.74) is 0. The summed E-state index contributed by atoms with van der Waals surface area (Å²) in [7, 11) is 0. The minimum atomic E-state index is -0.333. The van der Waals surface area contributed by atoms with E-state index >= 15 is 0 Å². The molecule has 2 heteroatoms. The van der Waals surface area contributed by atoms with Crippen molar-refractivity contribution in [2.45, 2.75) is 39.2 Å². The van der Waals surface area contributed by atoms with Crippen LogP contribution in [0.3, 0.4) is 0 Å². The second-order valence-corrected chi connectivity index (χ2v) is 3.20. The molecule has 0 aromatic carbocycles. The third-order valence-electron chi connectivity index (χ3n) is 2.83. The fraction of sp³-hybridized carbons (Fsp3) is 1.00. The number of rotatable bonds is 2. The molecule has 0 N–H and O–H groups in total. The lowest BCUT2D eigenvalue weighted by Gasteiger charge is -2.31. The summed E-state index contributed by atoms with van der Waals surface area (Å²) in [4.78, 5) is 0. The van der Waals surface area contributed by atoms with Crippen molar-refractivity contribution in [2.24, 2.45) is 0 Å². The van der Waals surface area contributed by atoms with Crippen molar-refractivity contribution in [1.82, 2.24) is 0 Å². The van der Waals surface area contributed by atoms with E-state index in [1.165, 1.54) is 25.4 Å². The zero-order chi connectivity index (χ0) is 6.74. The largest absolute Gasteiger partial charge is 0.590 e. The van der Waals surface area contributed by atoms with Crippen LogP contribution >= 0.6 is 0 Å². The monoisotopic (exact) mass is 127 g/mol. The Kier molecular flexibility index (Phi) is 2.17. The maximum Gasteiger partial charge on any atom is 0.114 e. The number of hydrogen-bond acceptors (Lipinski definition) is 1. The van der Waals surface area contributed by atoms with Crippen LogP contribution in [0.4, 0.5) is 0 Å². The van der Waals surface area contributed by atoms with Gasteiger partial charge in [0.2, 0.25) is 0 Å². The fourth-order valence-corrected chi connectivity index (χ4v) is 1.80. The normalized spacial score (nSPS) is 24.7. The van der Waals surface area contributed by atoms with Crippen molar-refractivity contribution in [1.29, 1.82) is 0 Å². The molecular weight excluding hydrogens is 111 g/mol. The Labute approximate surface area is 57.7 Å². The quantitative estimate of drug-likeness (QED) is 0.517. The van der Waals surface area contributed by atoms with Crippen LogP contribution in [0.2, 0.25) is 19.0 Å². The highest BCUT2D eigenvalue weighted by atomic mass is 16.4. The second-order valence-electron chi connectivity index (χ2n) is 3.20. The predicted octanol–water partition coefficient (Wildman–Crippen LogP) is 2.39. The maximum absolute atomic E-state index is 5.70. The van der Waals surface area contributed by atoms with Crippen LogP contribution in [0.5, 0.6) is 0 Å². The van der Waals surface area contributed by atoms with Gasteiger partial charge < -0.3 is 4.65 Å². The van der Waals surface area contributed by atoms with Crippen LogP contribution in [0.15, 0.2) is 0 Å². The van der Waals surface area contributed by atoms with Gasteiger partial charge in [0.15, 0.2) is 0 Å². The molecule has 1 nitrogen and oxygen atoms in total. The zero-order valence-electron chi connectivity index (χ0n) is 6.52. The topological polar surface area (TPSA) is 9.23 Å². The van der Waals surface area contributed by atoms with Gasteiger partial charge in [0.25, 0.3) is 0 Å². The van der Waals surface area contributed by atoms with E-state index in [0.717, 1.165) is 6.61 Å². The van der Waals surface area contributed by atoms with Crippen LogP contribution in [0, 0.1) is 0 Å². The first kappa shape index (κ1) is 7.14. The summed E-state index contributed by atoms with van der Waals surface area (Å²) in [6.07, 6.45) is 4.79. The molecule has 1 aliphatic rings. The van der Waals surface area contributed by atoms with Gasteiger partial charge in [-0.15, -0.1) is 0 Å². The van der Waals surface area contributed by atoms with Crippen molar-refractivity contribution in [2.75, 3.05) is 6.61 Å². The summed E-state index contributed by atoms with van der Waals surface area (Å²) in [6.45, 7) is 5.51. The highest BCUT2D eigenvalue weighted by Crippen LogP contribution is 2.28. The van der Waals surface area contributed by atoms with E-state index in [-0.39, 0.29) is 6.35 Å². The van der Waals surface area contributed by atoms with Crippen molar-refractivity contribution < 1.29 is 4.65 Å². The molecule has 9 heavy (non-hydrogen) atoms. The van der Waals surface area contributed by atoms with Crippen molar-refractivity contribution >= 4 is 6.35 Å². The molecule has 1 fully saturated rings. The van der Waals surface area contributed by atoms with E-state index < -0.39 is 0 Å². The van der Waals surface area contributed by atoms with Gasteiger partial charge in [-0.3, -0.25) is 0 Å². The van der Waals surface area contributed by atoms with Crippen LogP contribution in [-0.2, 0) is 4.65 Å². The summed E-state index contributed by atoms with van der Waals surface area (Å²) < 4.78 is 5.70. The van der Waals surface area contributed by atoms with E-state index in [0.29, 0.717) is 0 Å². The Hall–Kier alpha value is 0.0249. The zero-order valence-corrected chi connectivity index (χ0v) is 6.52. The Morgan fingerprint density at radius 2 is 2.00 bits per heavy atom. The summed E-state index contributed by atoms with van der Waals surface area (Å²) in [5, 5.41) is 0. The number of hydrogen-bond donors (Lipinski definition) is 0. The first-order valence-corrected chi connectivity index (χ1v) is 4.16. The smallest absolute Gasteiger partial charge is 0.114 e. The molecule has 0 aromatic rings. The van der Waals surface area contributed by atoms with E-state index in [4.69, 9.17) is 4.65 Å². The minimum Gasteiger partial charge on any atom is -0.590 e. The van der Waals surface area contributed by atoms with Gasteiger partial charge in [-0.2, -0.15) is 19.0 Å². The van der Waals surface area contributed by atoms with E-state index in [2.05, 4.69) is 13.8 Å². The molecule has 1 rings (SSSR count). The molecule has 1 heterocycles. The lowest BCUT2D eigenvalue weighted by molar-refractivity contribution is 0.343. The molecule has 0 radical (unpaired) electrons. The first-order chi connectivity index (χ1) is 4.33. The van der Waals surface area contributed by atoms with Gasteiger partial charge in [0.05, 0.1) is 0 Å². The lowest BCUT2D eigenvalue weighted by Crippen LogP contribution is -2.30. The van der Waals surface area contributed by atoms with Gasteiger partial charge in [-0.25, -0.2) is 0 Å². The Morgan fingerprint density at radius 3 is 2.22 bits per heavy atom. The molecule has 0 spiro atoms. The molecule has 0 saturated carbocycles. The Balaban J connectivity index is 2.45. The van der Waals surface area contributed by atoms with Crippen molar-refractivity contribution in [3.8, 4) is 0 Å². The third kappa shape index (κ3) is 1.29. The van der Waals surface area contributed by atoms with Crippen LogP contribution in [0.1, 0.15) is 20.3 Å². The van der Waals surface area contributed by atoms with E-state index in [9.17, 15) is 0 Å². The van der Waals surface area contributed by atoms with Gasteiger partial charge >= 0.3 is 0 Å². The molecule has 0 unspecified atom stereocenters. The predicted molar refractivity (Wildman–Crippen MR) is 42.1 cm³/mol. The molecular formula is C7H16BO-. The molecule has 1 aliphatic heterocycles. The van der Waals surface area contributed by atoms with Crippen molar-refractivity contribution in [3.63, 3.8) is 0 Å². The standard InChI is InChI=1S/C7H16BO/c1-3-8(4-2)6-5-7-9-8/h3-7H2,1-2H3/q-1. The Bertz CT molecular complexity index is 80.9. The van der Waals surface area contributed by atoms with Crippen molar-refractivity contribution in [3.05, 3.63) is 0 Å². The summed E-state index contributed by atoms with van der Waals surface area (Å²) in [6, 6.07) is 0. The van der Waals surface area contributed by atoms with Gasteiger partial charge in [-0.05, 0) is 6.61 Å². The lowest BCUT2D eigenvalue weighted by atomic mass is 9.35. The second kappa shape index (κ2) is 2.74. The van der Waals surface area contributed by atoms with Gasteiger partial charge in [-0.1, -0.05) is 20.3 Å². The first-order valence-electron chi connectivity index (χ1n) is 4.16. The molecule has 0 aliphatic carbocycles. The Morgan fingerprint density at radius 1 is 1.33 bits per heavy atom. The highest BCUT2D eigenvalue weighted by Gasteiger charge is 2.24. The maximum atomic E-state index is 5.70. The van der Waals surface area contributed by atoms with Crippen LogP contribution < -0.4 is 0 Å². The molecule has 0 aromatic heterocycles. The van der Waals surface area contributed by atoms with Crippen LogP contribution in [-0.4, -0.2) is 13.0 Å². The molecule has 1 saturated heterocycles. The average Bonchev–Trinajstić information content (AvgIpc) is 2.36. The SMILES string of the molecule is CC[B-]1(CC)CCCO1. The third-order valence-corrected chi connectivity index (χ3v) is 2.83. The molecule has 0 amide bonds. The minimum absolute atomic E-state index is 0.333. The molecule has 0 atom stereocenters. The molecule has 54 valence electrons. The van der Waals surface area contributed by atoms with Gasteiger partial charge in [0, 0.05) is 0 Å².